The molecule has 1 aromatic carbocycles. The maximum atomic E-state index is 12.5. The first kappa shape index (κ1) is 17.9. The Kier molecular flexibility index (Phi) is 4.31. The van der Waals surface area contributed by atoms with Crippen molar-refractivity contribution in [3.8, 4) is 17.2 Å². The van der Waals surface area contributed by atoms with E-state index in [0.29, 0.717) is 29.2 Å². The molecule has 1 aliphatic rings. The van der Waals surface area contributed by atoms with Crippen molar-refractivity contribution in [1.29, 1.82) is 0 Å². The number of hydrogen-bond donors (Lipinski definition) is 0. The zero-order chi connectivity index (χ0) is 17.6. The monoisotopic (exact) mass is 336 g/mol. The Morgan fingerprint density at radius 2 is 1.83 bits per heavy atom. The summed E-state index contributed by atoms with van der Waals surface area (Å²) in [4.78, 5) is 12.5. The smallest absolute Gasteiger partial charge is 0.250 e. The van der Waals surface area contributed by atoms with Gasteiger partial charge in [-0.05, 0) is 44.1 Å². The van der Waals surface area contributed by atoms with Crippen molar-refractivity contribution in [2.75, 3.05) is 7.11 Å². The van der Waals surface area contributed by atoms with Crippen molar-refractivity contribution in [2.24, 2.45) is 0 Å². The van der Waals surface area contributed by atoms with Crippen molar-refractivity contribution in [2.45, 2.75) is 64.8 Å². The third-order valence-corrected chi connectivity index (χ3v) is 9.05. The number of methoxy groups -OCH3 is 1. The van der Waals surface area contributed by atoms with Crippen LogP contribution in [0.2, 0.25) is 18.1 Å². The predicted molar refractivity (Wildman–Crippen MR) is 94.5 cm³/mol. The van der Waals surface area contributed by atoms with Crippen molar-refractivity contribution in [1.82, 2.24) is 0 Å². The van der Waals surface area contributed by atoms with Crippen LogP contribution in [0, 0.1) is 0 Å². The Morgan fingerprint density at radius 3 is 2.35 bits per heavy atom. The number of rotatable bonds is 3. The Labute approximate surface area is 140 Å². The second-order valence-corrected chi connectivity index (χ2v) is 13.0. The van der Waals surface area contributed by atoms with E-state index in [1.807, 2.05) is 13.8 Å². The predicted octanol–water partition coefficient (Wildman–Crippen LogP) is 4.82. The lowest BCUT2D eigenvalue weighted by atomic mass is 9.93. The van der Waals surface area contributed by atoms with E-state index in [1.54, 1.807) is 19.2 Å². The molecule has 0 fully saturated rings. The van der Waals surface area contributed by atoms with Gasteiger partial charge in [-0.3, -0.25) is 4.79 Å². The highest BCUT2D eigenvalue weighted by Crippen LogP contribution is 2.48. The molecule has 0 atom stereocenters. The van der Waals surface area contributed by atoms with Crippen molar-refractivity contribution in [3.05, 3.63) is 17.7 Å². The molecule has 2 rings (SSSR count). The Hall–Kier alpha value is -1.49. The SMILES string of the molecule is COc1ccc2c(c1O[Si](C)(C)C(C)(C)C)OC(C)(C)CC2=O. The molecule has 0 radical (unpaired) electrons. The molecule has 0 bridgehead atoms. The minimum atomic E-state index is -2.09. The van der Waals surface area contributed by atoms with Crippen LogP contribution in [0.25, 0.3) is 0 Å². The summed E-state index contributed by atoms with van der Waals surface area (Å²) in [5, 5.41) is 0.0366. The second kappa shape index (κ2) is 5.55. The number of carbonyl (C=O) groups is 1. The fourth-order valence-electron chi connectivity index (χ4n) is 2.33. The summed E-state index contributed by atoms with van der Waals surface area (Å²) < 4.78 is 18.1. The van der Waals surface area contributed by atoms with Gasteiger partial charge in [-0.2, -0.15) is 0 Å². The van der Waals surface area contributed by atoms with Crippen LogP contribution in [0.15, 0.2) is 12.1 Å². The van der Waals surface area contributed by atoms with Crippen LogP contribution in [-0.4, -0.2) is 26.8 Å². The topological polar surface area (TPSA) is 44.8 Å². The molecular weight excluding hydrogens is 308 g/mol. The largest absolute Gasteiger partial charge is 0.539 e. The van der Waals surface area contributed by atoms with E-state index < -0.39 is 13.9 Å². The van der Waals surface area contributed by atoms with Gasteiger partial charge in [0.05, 0.1) is 19.1 Å². The Bertz CT molecular complexity index is 627. The number of ketones is 1. The lowest BCUT2D eigenvalue weighted by Crippen LogP contribution is -2.44. The minimum Gasteiger partial charge on any atom is -0.539 e. The highest BCUT2D eigenvalue weighted by molar-refractivity contribution is 6.74. The van der Waals surface area contributed by atoms with Gasteiger partial charge in [0.2, 0.25) is 0 Å². The van der Waals surface area contributed by atoms with Crippen molar-refractivity contribution >= 4 is 14.1 Å². The first-order valence-electron chi connectivity index (χ1n) is 8.00. The third-order valence-electron chi connectivity index (χ3n) is 4.72. The van der Waals surface area contributed by atoms with Gasteiger partial charge in [0.25, 0.3) is 8.32 Å². The molecule has 128 valence electrons. The molecular formula is C18H28O4Si. The maximum absolute atomic E-state index is 12.5. The summed E-state index contributed by atoms with van der Waals surface area (Å²) in [6.07, 6.45) is 0.367. The van der Waals surface area contributed by atoms with Crippen molar-refractivity contribution in [3.63, 3.8) is 0 Å². The fourth-order valence-corrected chi connectivity index (χ4v) is 3.34. The number of Topliss-reactive ketones (excluding diaryl/α,β-unsaturated/α-hetero) is 1. The minimum absolute atomic E-state index is 0.0366. The zero-order valence-electron chi connectivity index (χ0n) is 15.5. The molecule has 0 aromatic heterocycles. The van der Waals surface area contributed by atoms with Crippen LogP contribution < -0.4 is 13.9 Å². The average Bonchev–Trinajstić information content (AvgIpc) is 2.36. The number of ether oxygens (including phenoxy) is 2. The Balaban J connectivity index is 2.59. The van der Waals surface area contributed by atoms with Crippen LogP contribution in [0.5, 0.6) is 17.2 Å². The zero-order valence-corrected chi connectivity index (χ0v) is 16.5. The fraction of sp³-hybridized carbons (Fsp3) is 0.611. The first-order valence-corrected chi connectivity index (χ1v) is 10.9. The lowest BCUT2D eigenvalue weighted by molar-refractivity contribution is 0.0604. The summed E-state index contributed by atoms with van der Waals surface area (Å²) in [6.45, 7) is 14.7. The van der Waals surface area contributed by atoms with E-state index >= 15 is 0 Å². The van der Waals surface area contributed by atoms with Gasteiger partial charge in [0.1, 0.15) is 5.60 Å². The Morgan fingerprint density at radius 1 is 1.22 bits per heavy atom. The molecule has 0 amide bonds. The summed E-state index contributed by atoms with van der Waals surface area (Å²) in [6, 6.07) is 3.56. The molecule has 1 aromatic rings. The van der Waals surface area contributed by atoms with Crippen molar-refractivity contribution < 1.29 is 18.7 Å². The van der Waals surface area contributed by atoms with Crippen LogP contribution in [0.3, 0.4) is 0 Å². The second-order valence-electron chi connectivity index (χ2n) is 8.30. The molecule has 0 spiro atoms. The summed E-state index contributed by atoms with van der Waals surface area (Å²) in [7, 11) is -0.485. The van der Waals surface area contributed by atoms with Gasteiger partial charge in [-0.25, -0.2) is 0 Å². The summed E-state index contributed by atoms with van der Waals surface area (Å²) in [5.41, 5.74) is 0.0426. The first-order chi connectivity index (χ1) is 10.4. The van der Waals surface area contributed by atoms with Crippen LogP contribution in [0.1, 0.15) is 51.4 Å². The molecule has 4 nitrogen and oxygen atoms in total. The number of hydrogen-bond acceptors (Lipinski definition) is 4. The van der Waals surface area contributed by atoms with E-state index in [-0.39, 0.29) is 10.8 Å². The normalized spacial score (nSPS) is 17.3. The standard InChI is InChI=1S/C18H28O4Si/c1-17(2,3)23(7,8)22-16-14(20-6)10-9-12-13(19)11-18(4,5)21-15(12)16/h9-10H,11H2,1-8H3. The van der Waals surface area contributed by atoms with Gasteiger partial charge in [-0.1, -0.05) is 20.8 Å². The molecule has 0 saturated heterocycles. The van der Waals surface area contributed by atoms with Gasteiger partial charge < -0.3 is 13.9 Å². The quantitative estimate of drug-likeness (QED) is 0.742. The third kappa shape index (κ3) is 3.39. The molecule has 1 aliphatic heterocycles. The van der Waals surface area contributed by atoms with Gasteiger partial charge in [-0.15, -0.1) is 0 Å². The highest BCUT2D eigenvalue weighted by Gasteiger charge is 2.42. The van der Waals surface area contributed by atoms with Crippen LogP contribution in [-0.2, 0) is 0 Å². The van der Waals surface area contributed by atoms with Crippen LogP contribution >= 0.6 is 0 Å². The average molecular weight is 337 g/mol. The van der Waals surface area contributed by atoms with Crippen LogP contribution in [0.4, 0.5) is 0 Å². The molecule has 0 saturated carbocycles. The van der Waals surface area contributed by atoms with Gasteiger partial charge >= 0.3 is 0 Å². The maximum Gasteiger partial charge on any atom is 0.250 e. The molecule has 0 N–H and O–H groups in total. The van der Waals surface area contributed by atoms with Gasteiger partial charge in [0.15, 0.2) is 23.0 Å². The van der Waals surface area contributed by atoms with E-state index in [2.05, 4.69) is 33.9 Å². The number of benzene rings is 1. The molecule has 0 aliphatic carbocycles. The van der Waals surface area contributed by atoms with E-state index in [1.165, 1.54) is 0 Å². The molecule has 0 unspecified atom stereocenters. The highest BCUT2D eigenvalue weighted by atomic mass is 28.4. The van der Waals surface area contributed by atoms with Gasteiger partial charge in [0, 0.05) is 0 Å². The summed E-state index contributed by atoms with van der Waals surface area (Å²) in [5.74, 6) is 1.78. The van der Waals surface area contributed by atoms with E-state index in [0.717, 1.165) is 0 Å². The molecule has 1 heterocycles. The lowest BCUT2D eigenvalue weighted by Gasteiger charge is -2.39. The number of fused-ring (bicyclic) bond motifs is 1. The molecule has 5 heteroatoms. The van der Waals surface area contributed by atoms with E-state index in [4.69, 9.17) is 13.9 Å². The summed E-state index contributed by atoms with van der Waals surface area (Å²) >= 11 is 0. The molecule has 23 heavy (non-hydrogen) atoms. The van der Waals surface area contributed by atoms with E-state index in [9.17, 15) is 4.79 Å². The number of carbonyl (C=O) groups excluding carboxylic acids is 1.